The van der Waals surface area contributed by atoms with Gasteiger partial charge in [-0.3, -0.25) is 14.6 Å². The smallest absolute Gasteiger partial charge is 0.197 e. The average Bonchev–Trinajstić information content (AvgIpc) is 3.27. The van der Waals surface area contributed by atoms with E-state index < -0.39 is 0 Å². The normalized spacial score (nSPS) is 13.2. The van der Waals surface area contributed by atoms with E-state index in [1.807, 2.05) is 36.4 Å². The Morgan fingerprint density at radius 3 is 2.36 bits per heavy atom. The number of para-hydroxylation sites is 1. The Kier molecular flexibility index (Phi) is 3.95. The van der Waals surface area contributed by atoms with Gasteiger partial charge in [-0.1, -0.05) is 42.5 Å². The van der Waals surface area contributed by atoms with E-state index in [0.29, 0.717) is 22.0 Å². The minimum Gasteiger partial charge on any atom is -0.450 e. The molecule has 1 aliphatic rings. The van der Waals surface area contributed by atoms with Crippen molar-refractivity contribution in [1.82, 2.24) is 4.98 Å². The molecule has 0 bridgehead atoms. The van der Waals surface area contributed by atoms with Crippen molar-refractivity contribution in [3.05, 3.63) is 95.4 Å². The van der Waals surface area contributed by atoms with Gasteiger partial charge in [-0.05, 0) is 42.1 Å². The molecule has 28 heavy (non-hydrogen) atoms. The van der Waals surface area contributed by atoms with Gasteiger partial charge in [-0.25, -0.2) is 0 Å². The molecule has 0 fully saturated rings. The maximum atomic E-state index is 12.5. The van der Waals surface area contributed by atoms with Gasteiger partial charge in [-0.15, -0.1) is 0 Å². The van der Waals surface area contributed by atoms with E-state index in [2.05, 4.69) is 4.98 Å². The summed E-state index contributed by atoms with van der Waals surface area (Å²) in [6.07, 6.45) is 3.29. The van der Waals surface area contributed by atoms with Gasteiger partial charge in [0.1, 0.15) is 5.76 Å². The summed E-state index contributed by atoms with van der Waals surface area (Å²) in [6, 6.07) is 20.3. The maximum Gasteiger partial charge on any atom is 0.197 e. The molecular formula is C23H13NO3S. The van der Waals surface area contributed by atoms with Gasteiger partial charge in [0.2, 0.25) is 0 Å². The van der Waals surface area contributed by atoms with Crippen molar-refractivity contribution in [3.63, 3.8) is 0 Å². The molecule has 0 unspecified atom stereocenters. The molecule has 0 saturated carbocycles. The van der Waals surface area contributed by atoms with E-state index in [-0.39, 0.29) is 17.1 Å². The van der Waals surface area contributed by atoms with Crippen LogP contribution >= 0.6 is 11.8 Å². The fourth-order valence-corrected chi connectivity index (χ4v) is 4.18. The Hall–Kier alpha value is -3.44. The van der Waals surface area contributed by atoms with Crippen molar-refractivity contribution < 1.29 is 14.0 Å². The zero-order valence-electron chi connectivity index (χ0n) is 14.6. The first-order chi connectivity index (χ1) is 13.7. The third-order valence-electron chi connectivity index (χ3n) is 4.60. The zero-order chi connectivity index (χ0) is 19.1. The molecule has 0 amide bonds. The molecule has 5 rings (SSSR count). The second kappa shape index (κ2) is 6.62. The predicted octanol–water partition coefficient (Wildman–Crippen LogP) is 5.44. The van der Waals surface area contributed by atoms with Crippen LogP contribution in [0.3, 0.4) is 0 Å². The molecule has 134 valence electrons. The third-order valence-corrected chi connectivity index (χ3v) is 5.57. The molecule has 0 atom stereocenters. The summed E-state index contributed by atoms with van der Waals surface area (Å²) in [5.74, 6) is -0.0471. The molecule has 0 N–H and O–H groups in total. The highest BCUT2D eigenvalue weighted by molar-refractivity contribution is 7.99. The number of allylic oxidation sites excluding steroid dienone is 1. The molecular weight excluding hydrogens is 370 g/mol. The van der Waals surface area contributed by atoms with Gasteiger partial charge in [0.15, 0.2) is 16.7 Å². The van der Waals surface area contributed by atoms with Crippen molar-refractivity contribution in [2.45, 2.75) is 9.99 Å². The highest BCUT2D eigenvalue weighted by Gasteiger charge is 2.32. The number of fused-ring (bicyclic) bond motifs is 2. The topological polar surface area (TPSA) is 60.2 Å². The molecule has 4 nitrogen and oxygen atoms in total. The van der Waals surface area contributed by atoms with E-state index in [1.54, 1.807) is 36.5 Å². The van der Waals surface area contributed by atoms with E-state index in [0.717, 1.165) is 15.8 Å². The standard InChI is InChI=1S/C23H13NO3S/c25-22-16-7-1-2-8-17(16)23(26)18(22)13-15-10-11-20(27-15)28-19-9-3-5-14-6-4-12-24-21(14)19/h1-13H. The van der Waals surface area contributed by atoms with Crippen LogP contribution < -0.4 is 0 Å². The number of carbonyl (C=O) groups excluding carboxylic acids is 2. The first kappa shape index (κ1) is 16.7. The minimum atomic E-state index is -0.260. The van der Waals surface area contributed by atoms with Crippen molar-refractivity contribution in [2.24, 2.45) is 0 Å². The van der Waals surface area contributed by atoms with Gasteiger partial charge < -0.3 is 4.42 Å². The van der Waals surface area contributed by atoms with Gasteiger partial charge in [0.05, 0.1) is 11.1 Å². The molecule has 0 saturated heterocycles. The number of Topliss-reactive ketones (excluding diaryl/α,β-unsaturated/α-hetero) is 2. The minimum absolute atomic E-state index is 0.138. The molecule has 0 radical (unpaired) electrons. The summed E-state index contributed by atoms with van der Waals surface area (Å²) in [5.41, 5.74) is 1.94. The van der Waals surface area contributed by atoms with Crippen LogP contribution in [-0.4, -0.2) is 16.6 Å². The van der Waals surface area contributed by atoms with Gasteiger partial charge in [-0.2, -0.15) is 0 Å². The SMILES string of the molecule is O=C1C(=Cc2ccc(Sc3cccc4cccnc34)o2)C(=O)c2ccccc21. The predicted molar refractivity (Wildman–Crippen MR) is 108 cm³/mol. The fourth-order valence-electron chi connectivity index (χ4n) is 3.28. The molecule has 4 aromatic rings. The quantitative estimate of drug-likeness (QED) is 0.348. The number of pyridine rings is 1. The summed E-state index contributed by atoms with van der Waals surface area (Å²) in [4.78, 5) is 30.4. The van der Waals surface area contributed by atoms with Crippen molar-refractivity contribution >= 4 is 40.3 Å². The van der Waals surface area contributed by atoms with Gasteiger partial charge in [0, 0.05) is 27.6 Å². The number of carbonyl (C=O) groups is 2. The van der Waals surface area contributed by atoms with Crippen LogP contribution in [0.5, 0.6) is 0 Å². The van der Waals surface area contributed by atoms with E-state index in [9.17, 15) is 9.59 Å². The summed E-state index contributed by atoms with van der Waals surface area (Å²) < 4.78 is 5.85. The summed E-state index contributed by atoms with van der Waals surface area (Å²) >= 11 is 1.46. The van der Waals surface area contributed by atoms with E-state index in [4.69, 9.17) is 4.42 Å². The molecule has 1 aliphatic carbocycles. The Morgan fingerprint density at radius 2 is 1.57 bits per heavy atom. The van der Waals surface area contributed by atoms with Crippen LogP contribution in [0.2, 0.25) is 0 Å². The number of hydrogen-bond acceptors (Lipinski definition) is 5. The zero-order valence-corrected chi connectivity index (χ0v) is 15.4. The van der Waals surface area contributed by atoms with E-state index >= 15 is 0 Å². The lowest BCUT2D eigenvalue weighted by atomic mass is 10.1. The molecule has 5 heteroatoms. The molecule has 2 aromatic heterocycles. The number of nitrogens with zero attached hydrogens (tertiary/aromatic N) is 1. The summed E-state index contributed by atoms with van der Waals surface area (Å²) in [7, 11) is 0. The number of furan rings is 1. The monoisotopic (exact) mass is 383 g/mol. The fraction of sp³-hybridized carbons (Fsp3) is 0. The highest BCUT2D eigenvalue weighted by atomic mass is 32.2. The lowest BCUT2D eigenvalue weighted by molar-refractivity contribution is 0.0990. The third kappa shape index (κ3) is 2.77. The van der Waals surface area contributed by atoms with Crippen LogP contribution in [0.25, 0.3) is 17.0 Å². The lowest BCUT2D eigenvalue weighted by Crippen LogP contribution is -1.99. The van der Waals surface area contributed by atoms with Crippen LogP contribution in [0.15, 0.2) is 92.9 Å². The number of rotatable bonds is 3. The van der Waals surface area contributed by atoms with Crippen molar-refractivity contribution in [3.8, 4) is 0 Å². The van der Waals surface area contributed by atoms with Crippen molar-refractivity contribution in [2.75, 3.05) is 0 Å². The second-order valence-corrected chi connectivity index (χ2v) is 7.40. The molecule has 0 aliphatic heterocycles. The van der Waals surface area contributed by atoms with Crippen LogP contribution in [0.4, 0.5) is 0 Å². The van der Waals surface area contributed by atoms with E-state index in [1.165, 1.54) is 17.8 Å². The number of benzene rings is 2. The van der Waals surface area contributed by atoms with Crippen LogP contribution in [-0.2, 0) is 0 Å². The Balaban J connectivity index is 1.45. The summed E-state index contributed by atoms with van der Waals surface area (Å²) in [6.45, 7) is 0. The number of hydrogen-bond donors (Lipinski definition) is 0. The summed E-state index contributed by atoms with van der Waals surface area (Å²) in [5, 5.41) is 1.72. The maximum absolute atomic E-state index is 12.5. The van der Waals surface area contributed by atoms with Crippen LogP contribution in [0.1, 0.15) is 26.5 Å². The van der Waals surface area contributed by atoms with Crippen molar-refractivity contribution in [1.29, 1.82) is 0 Å². The number of ketones is 2. The average molecular weight is 383 g/mol. The Labute approximate surface area is 164 Å². The lowest BCUT2D eigenvalue weighted by Gasteiger charge is -2.02. The first-order valence-corrected chi connectivity index (χ1v) is 9.54. The Morgan fingerprint density at radius 1 is 0.821 bits per heavy atom. The molecule has 2 heterocycles. The van der Waals surface area contributed by atoms with Gasteiger partial charge in [0.25, 0.3) is 0 Å². The highest BCUT2D eigenvalue weighted by Crippen LogP contribution is 2.34. The second-order valence-electron chi connectivity index (χ2n) is 6.35. The Bertz CT molecular complexity index is 1240. The largest absolute Gasteiger partial charge is 0.450 e. The van der Waals surface area contributed by atoms with Gasteiger partial charge >= 0.3 is 0 Å². The molecule has 0 spiro atoms. The van der Waals surface area contributed by atoms with Crippen LogP contribution in [0, 0.1) is 0 Å². The number of aromatic nitrogens is 1. The molecule has 2 aromatic carbocycles. The first-order valence-electron chi connectivity index (χ1n) is 8.72.